The van der Waals surface area contributed by atoms with Gasteiger partial charge in [-0.3, -0.25) is 0 Å². The van der Waals surface area contributed by atoms with Crippen LogP contribution in [0.25, 0.3) is 0 Å². The Bertz CT molecular complexity index is 748. The maximum Gasteiger partial charge on any atom is 0.0440 e. The van der Waals surface area contributed by atoms with E-state index in [-0.39, 0.29) is 0 Å². The molecule has 2 aliphatic rings. The number of anilines is 1. The van der Waals surface area contributed by atoms with Crippen molar-refractivity contribution in [1.82, 2.24) is 4.90 Å². The monoisotopic (exact) mass is 366 g/mol. The normalized spacial score (nSPS) is 18.8. The van der Waals surface area contributed by atoms with Crippen LogP contribution in [0, 0.1) is 0 Å². The standard InChI is InChI=1S/C23H27ClN2/c24-22-9-10-23-21(18-22)8-4-5-13-26(23)17-16-25-14-11-20(12-15-25)19-6-2-1-3-7-19/h1-3,6-7,9-10,16-18,20H,4-5,8,11-15H2. The molecule has 0 unspecified atom stereocenters. The molecule has 2 nitrogen and oxygen atoms in total. The Kier molecular flexibility index (Phi) is 5.50. The van der Waals surface area contributed by atoms with Crippen molar-refractivity contribution in [3.8, 4) is 0 Å². The molecule has 1 fully saturated rings. The minimum atomic E-state index is 0.710. The van der Waals surface area contributed by atoms with Crippen LogP contribution in [-0.2, 0) is 6.42 Å². The number of fused-ring (bicyclic) bond motifs is 1. The van der Waals surface area contributed by atoms with E-state index in [9.17, 15) is 0 Å². The molecule has 4 rings (SSSR count). The SMILES string of the molecule is Clc1ccc2c(c1)CCCCN2C=CN1CCC(c2ccccc2)CC1. The number of hydrogen-bond donors (Lipinski definition) is 0. The summed E-state index contributed by atoms with van der Waals surface area (Å²) in [6, 6.07) is 17.3. The number of likely N-dealkylation sites (tertiary alicyclic amines) is 1. The Morgan fingerprint density at radius 2 is 1.69 bits per heavy atom. The fourth-order valence-corrected chi connectivity index (χ4v) is 4.38. The number of nitrogens with zero attached hydrogens (tertiary/aromatic N) is 2. The Balaban J connectivity index is 1.40. The van der Waals surface area contributed by atoms with E-state index in [4.69, 9.17) is 11.6 Å². The van der Waals surface area contributed by atoms with E-state index in [1.807, 2.05) is 6.07 Å². The molecule has 2 aliphatic heterocycles. The molecule has 0 saturated carbocycles. The van der Waals surface area contributed by atoms with E-state index in [0.29, 0.717) is 5.92 Å². The van der Waals surface area contributed by atoms with E-state index in [0.717, 1.165) is 31.1 Å². The molecule has 0 N–H and O–H groups in total. The lowest BCUT2D eigenvalue weighted by molar-refractivity contribution is 0.283. The predicted molar refractivity (Wildman–Crippen MR) is 111 cm³/mol. The third-order valence-corrected chi connectivity index (χ3v) is 5.94. The number of benzene rings is 2. The van der Waals surface area contributed by atoms with Gasteiger partial charge in [0, 0.05) is 42.7 Å². The molecule has 2 aromatic rings. The van der Waals surface area contributed by atoms with Crippen molar-refractivity contribution >= 4 is 17.3 Å². The third kappa shape index (κ3) is 4.07. The van der Waals surface area contributed by atoms with Crippen molar-refractivity contribution in [2.45, 2.75) is 38.0 Å². The van der Waals surface area contributed by atoms with Gasteiger partial charge in [-0.15, -0.1) is 0 Å². The van der Waals surface area contributed by atoms with Crippen molar-refractivity contribution in [3.05, 3.63) is 77.1 Å². The molecular formula is C23H27ClN2. The topological polar surface area (TPSA) is 6.48 Å². The lowest BCUT2D eigenvalue weighted by Crippen LogP contribution is -2.29. The highest BCUT2D eigenvalue weighted by atomic mass is 35.5. The molecule has 0 atom stereocenters. The van der Waals surface area contributed by atoms with E-state index >= 15 is 0 Å². The molecule has 0 spiro atoms. The minimum Gasteiger partial charge on any atom is -0.376 e. The predicted octanol–water partition coefficient (Wildman–Crippen LogP) is 5.83. The zero-order chi connectivity index (χ0) is 17.8. The second-order valence-corrected chi connectivity index (χ2v) is 7.88. The average Bonchev–Trinajstić information content (AvgIpc) is 2.89. The van der Waals surface area contributed by atoms with Gasteiger partial charge in [-0.1, -0.05) is 41.9 Å². The van der Waals surface area contributed by atoms with Crippen LogP contribution in [0.15, 0.2) is 60.9 Å². The highest BCUT2D eigenvalue weighted by Gasteiger charge is 2.19. The Labute approximate surface area is 162 Å². The Hall–Kier alpha value is -1.93. The van der Waals surface area contributed by atoms with Gasteiger partial charge >= 0.3 is 0 Å². The highest BCUT2D eigenvalue weighted by molar-refractivity contribution is 6.30. The molecule has 3 heteroatoms. The second kappa shape index (κ2) is 8.18. The number of aryl methyl sites for hydroxylation is 1. The number of halogens is 1. The summed E-state index contributed by atoms with van der Waals surface area (Å²) in [6.07, 6.45) is 10.6. The molecule has 26 heavy (non-hydrogen) atoms. The first kappa shape index (κ1) is 17.5. The van der Waals surface area contributed by atoms with Gasteiger partial charge in [0.25, 0.3) is 0 Å². The first-order valence-corrected chi connectivity index (χ1v) is 10.2. The summed E-state index contributed by atoms with van der Waals surface area (Å²) in [5.74, 6) is 0.710. The van der Waals surface area contributed by atoms with E-state index in [2.05, 4.69) is 64.7 Å². The largest absolute Gasteiger partial charge is 0.376 e. The number of piperidine rings is 1. The fraction of sp³-hybridized carbons (Fsp3) is 0.391. The first-order valence-electron chi connectivity index (χ1n) is 9.82. The quantitative estimate of drug-likeness (QED) is 0.673. The molecule has 136 valence electrons. The molecule has 1 saturated heterocycles. The van der Waals surface area contributed by atoms with Crippen molar-refractivity contribution in [1.29, 1.82) is 0 Å². The van der Waals surface area contributed by atoms with Crippen LogP contribution in [0.1, 0.15) is 42.7 Å². The van der Waals surface area contributed by atoms with Crippen molar-refractivity contribution in [3.63, 3.8) is 0 Å². The maximum atomic E-state index is 6.20. The Morgan fingerprint density at radius 1 is 0.885 bits per heavy atom. The molecule has 0 amide bonds. The fourth-order valence-electron chi connectivity index (χ4n) is 4.19. The molecule has 0 aliphatic carbocycles. The summed E-state index contributed by atoms with van der Waals surface area (Å²) in [7, 11) is 0. The molecule has 2 aromatic carbocycles. The maximum absolute atomic E-state index is 6.20. The van der Waals surface area contributed by atoms with Gasteiger partial charge < -0.3 is 9.80 Å². The summed E-state index contributed by atoms with van der Waals surface area (Å²) >= 11 is 6.20. The van der Waals surface area contributed by atoms with Gasteiger partial charge in [0.15, 0.2) is 0 Å². The van der Waals surface area contributed by atoms with Crippen molar-refractivity contribution < 1.29 is 0 Å². The zero-order valence-electron chi connectivity index (χ0n) is 15.3. The van der Waals surface area contributed by atoms with Crippen LogP contribution in [0.4, 0.5) is 5.69 Å². The molecular weight excluding hydrogens is 340 g/mol. The van der Waals surface area contributed by atoms with Crippen LogP contribution < -0.4 is 4.90 Å². The van der Waals surface area contributed by atoms with Gasteiger partial charge in [-0.25, -0.2) is 0 Å². The van der Waals surface area contributed by atoms with Crippen molar-refractivity contribution in [2.24, 2.45) is 0 Å². The van der Waals surface area contributed by atoms with Gasteiger partial charge in [0.05, 0.1) is 0 Å². The summed E-state index contributed by atoms with van der Waals surface area (Å²) in [5, 5.41) is 0.845. The van der Waals surface area contributed by atoms with Gasteiger partial charge in [0.1, 0.15) is 0 Å². The summed E-state index contributed by atoms with van der Waals surface area (Å²) in [4.78, 5) is 4.88. The molecule has 0 aromatic heterocycles. The number of hydrogen-bond acceptors (Lipinski definition) is 2. The number of rotatable bonds is 3. The minimum absolute atomic E-state index is 0.710. The van der Waals surface area contributed by atoms with Crippen LogP contribution in [-0.4, -0.2) is 24.5 Å². The highest BCUT2D eigenvalue weighted by Crippen LogP contribution is 2.30. The van der Waals surface area contributed by atoms with Crippen LogP contribution in [0.2, 0.25) is 5.02 Å². The molecule has 2 heterocycles. The smallest absolute Gasteiger partial charge is 0.0440 e. The summed E-state index contributed by atoms with van der Waals surface area (Å²) in [6.45, 7) is 3.36. The lowest BCUT2D eigenvalue weighted by atomic mass is 9.90. The van der Waals surface area contributed by atoms with Crippen LogP contribution in [0.3, 0.4) is 0 Å². The third-order valence-electron chi connectivity index (χ3n) is 5.70. The van der Waals surface area contributed by atoms with E-state index < -0.39 is 0 Å². The van der Waals surface area contributed by atoms with Gasteiger partial charge in [-0.2, -0.15) is 0 Å². The lowest BCUT2D eigenvalue weighted by Gasteiger charge is -2.32. The Morgan fingerprint density at radius 3 is 2.50 bits per heavy atom. The van der Waals surface area contributed by atoms with E-state index in [1.54, 1.807) is 0 Å². The van der Waals surface area contributed by atoms with E-state index in [1.165, 1.54) is 42.5 Å². The van der Waals surface area contributed by atoms with Crippen LogP contribution >= 0.6 is 11.6 Å². The zero-order valence-corrected chi connectivity index (χ0v) is 16.0. The van der Waals surface area contributed by atoms with Crippen molar-refractivity contribution in [2.75, 3.05) is 24.5 Å². The van der Waals surface area contributed by atoms with Crippen LogP contribution in [0.5, 0.6) is 0 Å². The first-order chi connectivity index (χ1) is 12.8. The summed E-state index contributed by atoms with van der Waals surface area (Å²) < 4.78 is 0. The van der Waals surface area contributed by atoms with Gasteiger partial charge in [0.2, 0.25) is 0 Å². The summed E-state index contributed by atoms with van der Waals surface area (Å²) in [5.41, 5.74) is 4.19. The second-order valence-electron chi connectivity index (χ2n) is 7.44. The molecule has 0 bridgehead atoms. The van der Waals surface area contributed by atoms with Gasteiger partial charge in [-0.05, 0) is 67.3 Å². The average molecular weight is 367 g/mol. The molecule has 0 radical (unpaired) electrons.